The monoisotopic (exact) mass is 173 g/mol. The summed E-state index contributed by atoms with van der Waals surface area (Å²) >= 11 is 0. The van der Waals surface area contributed by atoms with Gasteiger partial charge in [0.05, 0.1) is 12.6 Å². The lowest BCUT2D eigenvalue weighted by molar-refractivity contribution is -0.109. The van der Waals surface area contributed by atoms with Gasteiger partial charge in [-0.05, 0) is 12.8 Å². The Hall–Kier alpha value is -1.06. The first-order valence-electron chi connectivity index (χ1n) is 3.94. The highest BCUT2D eigenvalue weighted by atomic mass is 16.5. The number of alkyl carbamates (subject to hydrolysis) is 1. The first-order valence-corrected chi connectivity index (χ1v) is 3.94. The van der Waals surface area contributed by atoms with E-state index in [1.807, 2.05) is 13.8 Å². The molecular formula is C8H15NO3. The average molecular weight is 173 g/mol. The lowest BCUT2D eigenvalue weighted by Gasteiger charge is -2.09. The van der Waals surface area contributed by atoms with E-state index in [2.05, 4.69) is 5.32 Å². The summed E-state index contributed by atoms with van der Waals surface area (Å²) in [7, 11) is 0. The zero-order chi connectivity index (χ0) is 9.56. The Morgan fingerprint density at radius 1 is 1.50 bits per heavy atom. The van der Waals surface area contributed by atoms with E-state index in [0.717, 1.165) is 0 Å². The number of carbonyl (C=O) groups excluding carboxylic acids is 2. The Balaban J connectivity index is 3.53. The number of amides is 1. The summed E-state index contributed by atoms with van der Waals surface area (Å²) in [6, 6.07) is -0.482. The first kappa shape index (κ1) is 10.9. The van der Waals surface area contributed by atoms with Gasteiger partial charge in [-0.3, -0.25) is 0 Å². The van der Waals surface area contributed by atoms with Crippen LogP contribution >= 0.6 is 0 Å². The molecule has 0 saturated heterocycles. The number of rotatable bonds is 4. The molecule has 4 nitrogen and oxygen atoms in total. The Kier molecular flexibility index (Phi) is 5.08. The Morgan fingerprint density at radius 3 is 2.50 bits per heavy atom. The maximum Gasteiger partial charge on any atom is 0.407 e. The third kappa shape index (κ3) is 5.70. The van der Waals surface area contributed by atoms with Gasteiger partial charge in [-0.25, -0.2) is 4.79 Å². The molecule has 70 valence electrons. The SMILES string of the molecule is CC(C)COC(=O)NC(C)C=O. The summed E-state index contributed by atoms with van der Waals surface area (Å²) in [5, 5.41) is 2.36. The summed E-state index contributed by atoms with van der Waals surface area (Å²) in [4.78, 5) is 20.9. The summed E-state index contributed by atoms with van der Waals surface area (Å²) in [6.45, 7) is 5.84. The van der Waals surface area contributed by atoms with Crippen LogP contribution in [0.3, 0.4) is 0 Å². The van der Waals surface area contributed by atoms with Crippen LogP contribution in [0, 0.1) is 5.92 Å². The fraction of sp³-hybridized carbons (Fsp3) is 0.750. The molecule has 0 spiro atoms. The maximum atomic E-state index is 10.8. The van der Waals surface area contributed by atoms with Gasteiger partial charge in [-0.2, -0.15) is 0 Å². The summed E-state index contributed by atoms with van der Waals surface area (Å²) in [5.41, 5.74) is 0. The topological polar surface area (TPSA) is 55.4 Å². The van der Waals surface area contributed by atoms with Crippen LogP contribution in [0.1, 0.15) is 20.8 Å². The van der Waals surface area contributed by atoms with Crippen molar-refractivity contribution in [3.8, 4) is 0 Å². The van der Waals surface area contributed by atoms with Crippen LogP contribution in [0.5, 0.6) is 0 Å². The molecule has 0 aliphatic heterocycles. The van der Waals surface area contributed by atoms with Crippen LogP contribution in [-0.2, 0) is 9.53 Å². The van der Waals surface area contributed by atoms with Crippen LogP contribution in [0.15, 0.2) is 0 Å². The molecule has 0 aliphatic rings. The number of aldehydes is 1. The van der Waals surface area contributed by atoms with Crippen LogP contribution in [-0.4, -0.2) is 25.0 Å². The van der Waals surface area contributed by atoms with Crippen molar-refractivity contribution in [2.24, 2.45) is 5.92 Å². The molecule has 1 amide bonds. The molecule has 0 aromatic rings. The van der Waals surface area contributed by atoms with Gasteiger partial charge < -0.3 is 14.8 Å². The highest BCUT2D eigenvalue weighted by Crippen LogP contribution is 1.92. The van der Waals surface area contributed by atoms with E-state index in [9.17, 15) is 9.59 Å². The second-order valence-corrected chi connectivity index (χ2v) is 3.06. The fourth-order valence-electron chi connectivity index (χ4n) is 0.504. The van der Waals surface area contributed by atoms with Crippen LogP contribution in [0.4, 0.5) is 4.79 Å². The normalized spacial score (nSPS) is 12.3. The van der Waals surface area contributed by atoms with E-state index in [1.54, 1.807) is 6.92 Å². The van der Waals surface area contributed by atoms with Gasteiger partial charge in [0.1, 0.15) is 6.29 Å². The predicted molar refractivity (Wildman–Crippen MR) is 44.8 cm³/mol. The van der Waals surface area contributed by atoms with Gasteiger partial charge >= 0.3 is 6.09 Å². The second kappa shape index (κ2) is 5.57. The van der Waals surface area contributed by atoms with E-state index < -0.39 is 12.1 Å². The molecule has 4 heteroatoms. The number of ether oxygens (including phenoxy) is 1. The standard InChI is InChI=1S/C8H15NO3/c1-6(2)5-12-8(11)9-7(3)4-10/h4,6-7H,5H2,1-3H3,(H,9,11). The quantitative estimate of drug-likeness (QED) is 0.644. The summed E-state index contributed by atoms with van der Waals surface area (Å²) in [6.07, 6.45) is 0.111. The molecule has 1 atom stereocenters. The Bertz CT molecular complexity index is 156. The smallest absolute Gasteiger partial charge is 0.407 e. The van der Waals surface area contributed by atoms with Crippen molar-refractivity contribution in [3.63, 3.8) is 0 Å². The summed E-state index contributed by atoms with van der Waals surface area (Å²) in [5.74, 6) is 0.308. The number of hydrogen-bond donors (Lipinski definition) is 1. The fourth-order valence-corrected chi connectivity index (χ4v) is 0.504. The largest absolute Gasteiger partial charge is 0.449 e. The van der Waals surface area contributed by atoms with Crippen molar-refractivity contribution in [2.45, 2.75) is 26.8 Å². The average Bonchev–Trinajstić information content (AvgIpc) is 2.00. The molecule has 12 heavy (non-hydrogen) atoms. The van der Waals surface area contributed by atoms with Crippen molar-refractivity contribution >= 4 is 12.4 Å². The number of nitrogens with one attached hydrogen (secondary N) is 1. The van der Waals surface area contributed by atoms with E-state index >= 15 is 0 Å². The minimum absolute atomic E-state index is 0.308. The van der Waals surface area contributed by atoms with E-state index in [-0.39, 0.29) is 0 Å². The van der Waals surface area contributed by atoms with Gasteiger partial charge in [0, 0.05) is 0 Å². The molecule has 0 bridgehead atoms. The highest BCUT2D eigenvalue weighted by Gasteiger charge is 2.06. The Morgan fingerprint density at radius 2 is 2.08 bits per heavy atom. The van der Waals surface area contributed by atoms with Crippen LogP contribution in [0.25, 0.3) is 0 Å². The van der Waals surface area contributed by atoms with E-state index in [4.69, 9.17) is 4.74 Å². The first-order chi connectivity index (χ1) is 5.56. The molecule has 0 aromatic carbocycles. The van der Waals surface area contributed by atoms with Crippen molar-refractivity contribution in [3.05, 3.63) is 0 Å². The van der Waals surface area contributed by atoms with Crippen molar-refractivity contribution in [1.82, 2.24) is 5.32 Å². The molecule has 0 rings (SSSR count). The van der Waals surface area contributed by atoms with Gasteiger partial charge in [0.25, 0.3) is 0 Å². The predicted octanol–water partition coefficient (Wildman–Crippen LogP) is 0.956. The second-order valence-electron chi connectivity index (χ2n) is 3.06. The lowest BCUT2D eigenvalue weighted by Crippen LogP contribution is -2.34. The molecule has 0 aliphatic carbocycles. The van der Waals surface area contributed by atoms with Crippen LogP contribution < -0.4 is 5.32 Å². The van der Waals surface area contributed by atoms with Crippen molar-refractivity contribution < 1.29 is 14.3 Å². The third-order valence-electron chi connectivity index (χ3n) is 1.10. The number of hydrogen-bond acceptors (Lipinski definition) is 3. The van der Waals surface area contributed by atoms with Crippen molar-refractivity contribution in [2.75, 3.05) is 6.61 Å². The molecular weight excluding hydrogens is 158 g/mol. The molecule has 1 unspecified atom stereocenters. The third-order valence-corrected chi connectivity index (χ3v) is 1.10. The van der Waals surface area contributed by atoms with Gasteiger partial charge in [-0.1, -0.05) is 13.8 Å². The molecule has 0 heterocycles. The molecule has 1 N–H and O–H groups in total. The van der Waals surface area contributed by atoms with Gasteiger partial charge in [0.15, 0.2) is 0 Å². The van der Waals surface area contributed by atoms with E-state index in [0.29, 0.717) is 18.8 Å². The molecule has 0 aromatic heterocycles. The zero-order valence-electron chi connectivity index (χ0n) is 7.66. The van der Waals surface area contributed by atoms with E-state index in [1.165, 1.54) is 0 Å². The zero-order valence-corrected chi connectivity index (χ0v) is 7.66. The molecule has 0 saturated carbocycles. The van der Waals surface area contributed by atoms with Gasteiger partial charge in [-0.15, -0.1) is 0 Å². The molecule has 0 fully saturated rings. The molecule has 0 radical (unpaired) electrons. The summed E-state index contributed by atoms with van der Waals surface area (Å²) < 4.78 is 4.77. The Labute approximate surface area is 72.3 Å². The van der Waals surface area contributed by atoms with Crippen LogP contribution in [0.2, 0.25) is 0 Å². The van der Waals surface area contributed by atoms with Gasteiger partial charge in [0.2, 0.25) is 0 Å². The maximum absolute atomic E-state index is 10.8. The number of carbonyl (C=O) groups is 2. The minimum Gasteiger partial charge on any atom is -0.449 e. The van der Waals surface area contributed by atoms with Crippen molar-refractivity contribution in [1.29, 1.82) is 0 Å². The minimum atomic E-state index is -0.539. The highest BCUT2D eigenvalue weighted by molar-refractivity contribution is 5.72. The lowest BCUT2D eigenvalue weighted by atomic mass is 10.2.